The summed E-state index contributed by atoms with van der Waals surface area (Å²) in [4.78, 5) is 11.6. The Morgan fingerprint density at radius 2 is 1.89 bits per heavy atom. The molecule has 2 aromatic carbocycles. The number of hydrogen-bond acceptors (Lipinski definition) is 2. The van der Waals surface area contributed by atoms with Gasteiger partial charge in [0.05, 0.1) is 5.56 Å². The topological polar surface area (TPSA) is 26.3 Å². The molecule has 0 fully saturated rings. The zero-order valence-corrected chi connectivity index (χ0v) is 10.2. The molecule has 0 heterocycles. The number of hydrogen-bond donors (Lipinski definition) is 0. The second-order valence-electron chi connectivity index (χ2n) is 3.71. The minimum Gasteiger partial charge on any atom is -0.457 e. The summed E-state index contributed by atoms with van der Waals surface area (Å²) in [5, 5.41) is 0.621. The van der Waals surface area contributed by atoms with Gasteiger partial charge in [-0.3, -0.25) is 0 Å². The highest BCUT2D eigenvalue weighted by molar-refractivity contribution is 6.30. The highest BCUT2D eigenvalue weighted by atomic mass is 35.5. The number of benzene rings is 2. The molecule has 0 aliphatic rings. The van der Waals surface area contributed by atoms with Gasteiger partial charge in [0.15, 0.2) is 0 Å². The molecule has 2 rings (SSSR count). The van der Waals surface area contributed by atoms with E-state index >= 15 is 0 Å². The lowest BCUT2D eigenvalue weighted by Crippen LogP contribution is -2.05. The van der Waals surface area contributed by atoms with Gasteiger partial charge < -0.3 is 4.74 Å². The van der Waals surface area contributed by atoms with Crippen molar-refractivity contribution in [2.75, 3.05) is 0 Å². The van der Waals surface area contributed by atoms with Crippen LogP contribution >= 0.6 is 11.6 Å². The van der Waals surface area contributed by atoms with Crippen molar-refractivity contribution in [3.8, 4) is 0 Å². The molecule has 2 aromatic rings. The first-order chi connectivity index (χ1) is 8.65. The van der Waals surface area contributed by atoms with Crippen molar-refractivity contribution in [2.24, 2.45) is 0 Å². The standard InChI is InChI=1S/C14H10ClFO2/c15-12-6-4-10(5-7-12)9-18-14(17)11-2-1-3-13(16)8-11/h1-8H,9H2. The van der Waals surface area contributed by atoms with Crippen molar-refractivity contribution in [3.63, 3.8) is 0 Å². The van der Waals surface area contributed by atoms with Crippen LogP contribution in [0.15, 0.2) is 48.5 Å². The van der Waals surface area contributed by atoms with Gasteiger partial charge in [0, 0.05) is 5.02 Å². The molecule has 4 heteroatoms. The number of carbonyl (C=O) groups is 1. The highest BCUT2D eigenvalue weighted by Gasteiger charge is 2.07. The van der Waals surface area contributed by atoms with Crippen LogP contribution in [-0.2, 0) is 11.3 Å². The number of carbonyl (C=O) groups excluding carboxylic acids is 1. The van der Waals surface area contributed by atoms with Crippen LogP contribution < -0.4 is 0 Å². The maximum Gasteiger partial charge on any atom is 0.338 e. The third kappa shape index (κ3) is 3.31. The molecule has 18 heavy (non-hydrogen) atoms. The molecular weight excluding hydrogens is 255 g/mol. The van der Waals surface area contributed by atoms with Crippen LogP contribution in [-0.4, -0.2) is 5.97 Å². The van der Waals surface area contributed by atoms with Crippen LogP contribution in [0.1, 0.15) is 15.9 Å². The normalized spacial score (nSPS) is 10.1. The van der Waals surface area contributed by atoms with Crippen LogP contribution in [0.2, 0.25) is 5.02 Å². The Balaban J connectivity index is 1.98. The SMILES string of the molecule is O=C(OCc1ccc(Cl)cc1)c1cccc(F)c1. The van der Waals surface area contributed by atoms with Gasteiger partial charge in [-0.1, -0.05) is 29.8 Å². The van der Waals surface area contributed by atoms with Gasteiger partial charge in [-0.15, -0.1) is 0 Å². The van der Waals surface area contributed by atoms with Gasteiger partial charge in [0.1, 0.15) is 12.4 Å². The monoisotopic (exact) mass is 264 g/mol. The summed E-state index contributed by atoms with van der Waals surface area (Å²) in [6, 6.07) is 12.4. The van der Waals surface area contributed by atoms with Gasteiger partial charge >= 0.3 is 5.97 Å². The average molecular weight is 265 g/mol. The second-order valence-corrected chi connectivity index (χ2v) is 4.15. The summed E-state index contributed by atoms with van der Waals surface area (Å²) in [7, 11) is 0. The number of rotatable bonds is 3. The Kier molecular flexibility index (Phi) is 3.95. The van der Waals surface area contributed by atoms with E-state index in [0.29, 0.717) is 5.02 Å². The van der Waals surface area contributed by atoms with E-state index < -0.39 is 11.8 Å². The predicted octanol–water partition coefficient (Wildman–Crippen LogP) is 3.84. The van der Waals surface area contributed by atoms with Gasteiger partial charge in [-0.2, -0.15) is 0 Å². The third-order valence-electron chi connectivity index (χ3n) is 2.34. The lowest BCUT2D eigenvalue weighted by Gasteiger charge is -2.05. The summed E-state index contributed by atoms with van der Waals surface area (Å²) >= 11 is 5.74. The number of halogens is 2. The Morgan fingerprint density at radius 1 is 1.17 bits per heavy atom. The van der Waals surface area contributed by atoms with E-state index in [1.165, 1.54) is 18.2 Å². The smallest absolute Gasteiger partial charge is 0.338 e. The molecule has 0 amide bonds. The Labute approximate surface area is 109 Å². The fourth-order valence-corrected chi connectivity index (χ4v) is 1.55. The molecule has 0 unspecified atom stereocenters. The van der Waals surface area contributed by atoms with Crippen LogP contribution in [0.4, 0.5) is 4.39 Å². The molecule has 0 bridgehead atoms. The van der Waals surface area contributed by atoms with E-state index in [4.69, 9.17) is 16.3 Å². The summed E-state index contributed by atoms with van der Waals surface area (Å²) in [5.41, 5.74) is 1.02. The fourth-order valence-electron chi connectivity index (χ4n) is 1.43. The molecule has 92 valence electrons. The summed E-state index contributed by atoms with van der Waals surface area (Å²) in [6.45, 7) is 0.131. The van der Waals surface area contributed by atoms with Crippen molar-refractivity contribution in [2.45, 2.75) is 6.61 Å². The van der Waals surface area contributed by atoms with Crippen molar-refractivity contribution in [3.05, 3.63) is 70.5 Å². The van der Waals surface area contributed by atoms with E-state index in [1.807, 2.05) is 0 Å². The van der Waals surface area contributed by atoms with Gasteiger partial charge in [-0.05, 0) is 35.9 Å². The fraction of sp³-hybridized carbons (Fsp3) is 0.0714. The van der Waals surface area contributed by atoms with E-state index in [0.717, 1.165) is 11.6 Å². The van der Waals surface area contributed by atoms with Crippen LogP contribution in [0, 0.1) is 5.82 Å². The van der Waals surface area contributed by atoms with Gasteiger partial charge in [0.25, 0.3) is 0 Å². The maximum atomic E-state index is 12.9. The predicted molar refractivity (Wildman–Crippen MR) is 67.0 cm³/mol. The Hall–Kier alpha value is -1.87. The summed E-state index contributed by atoms with van der Waals surface area (Å²) < 4.78 is 18.0. The second kappa shape index (κ2) is 5.65. The molecule has 0 aliphatic heterocycles. The Morgan fingerprint density at radius 3 is 2.56 bits per heavy atom. The van der Waals surface area contributed by atoms with Crippen molar-refractivity contribution in [1.29, 1.82) is 0 Å². The van der Waals surface area contributed by atoms with Gasteiger partial charge in [-0.25, -0.2) is 9.18 Å². The van der Waals surface area contributed by atoms with Crippen LogP contribution in [0.5, 0.6) is 0 Å². The highest BCUT2D eigenvalue weighted by Crippen LogP contribution is 2.11. The van der Waals surface area contributed by atoms with Crippen molar-refractivity contribution < 1.29 is 13.9 Å². The van der Waals surface area contributed by atoms with E-state index in [9.17, 15) is 9.18 Å². The molecule has 0 radical (unpaired) electrons. The molecular formula is C14H10ClFO2. The lowest BCUT2D eigenvalue weighted by molar-refractivity contribution is 0.0472. The zero-order chi connectivity index (χ0) is 13.0. The van der Waals surface area contributed by atoms with Crippen LogP contribution in [0.3, 0.4) is 0 Å². The van der Waals surface area contributed by atoms with Crippen LogP contribution in [0.25, 0.3) is 0 Å². The van der Waals surface area contributed by atoms with E-state index in [1.54, 1.807) is 24.3 Å². The maximum absolute atomic E-state index is 12.9. The van der Waals surface area contributed by atoms with E-state index in [2.05, 4.69) is 0 Å². The molecule has 0 spiro atoms. The zero-order valence-electron chi connectivity index (χ0n) is 9.40. The molecule has 0 atom stereocenters. The number of esters is 1. The quantitative estimate of drug-likeness (QED) is 0.788. The summed E-state index contributed by atoms with van der Waals surface area (Å²) in [5.74, 6) is -1.01. The van der Waals surface area contributed by atoms with Gasteiger partial charge in [0.2, 0.25) is 0 Å². The summed E-state index contributed by atoms with van der Waals surface area (Å²) in [6.07, 6.45) is 0. The number of ether oxygens (including phenoxy) is 1. The largest absolute Gasteiger partial charge is 0.457 e. The molecule has 0 saturated heterocycles. The Bertz CT molecular complexity index is 552. The first-order valence-corrected chi connectivity index (χ1v) is 5.70. The molecule has 2 nitrogen and oxygen atoms in total. The van der Waals surface area contributed by atoms with E-state index in [-0.39, 0.29) is 12.2 Å². The average Bonchev–Trinajstić information content (AvgIpc) is 2.38. The van der Waals surface area contributed by atoms with Crippen molar-refractivity contribution in [1.82, 2.24) is 0 Å². The minimum absolute atomic E-state index is 0.131. The first-order valence-electron chi connectivity index (χ1n) is 5.32. The third-order valence-corrected chi connectivity index (χ3v) is 2.60. The molecule has 0 aromatic heterocycles. The first kappa shape index (κ1) is 12.6. The molecule has 0 N–H and O–H groups in total. The minimum atomic E-state index is -0.551. The molecule has 0 saturated carbocycles. The van der Waals surface area contributed by atoms with Crippen molar-refractivity contribution >= 4 is 17.6 Å². The lowest BCUT2D eigenvalue weighted by atomic mass is 10.2. The molecule has 0 aliphatic carbocycles.